The number of carbonyl (C=O) groups is 3. The van der Waals surface area contributed by atoms with Gasteiger partial charge in [-0.05, 0) is 48.6 Å². The summed E-state index contributed by atoms with van der Waals surface area (Å²) in [4.78, 5) is 38.1. The first-order valence-corrected chi connectivity index (χ1v) is 9.56. The van der Waals surface area contributed by atoms with Crippen molar-refractivity contribution in [3.8, 4) is 0 Å². The Morgan fingerprint density at radius 2 is 1.86 bits per heavy atom. The second kappa shape index (κ2) is 8.34. The van der Waals surface area contributed by atoms with Crippen LogP contribution in [0.4, 0.5) is 15.8 Å². The molecule has 28 heavy (non-hydrogen) atoms. The number of anilines is 2. The van der Waals surface area contributed by atoms with Gasteiger partial charge in [0.2, 0.25) is 5.91 Å². The third-order valence-electron chi connectivity index (χ3n) is 4.56. The first-order valence-electron chi connectivity index (χ1n) is 8.78. The molecular weight excluding hydrogens is 385 g/mol. The summed E-state index contributed by atoms with van der Waals surface area (Å²) in [6.07, 6.45) is 3.91. The van der Waals surface area contributed by atoms with E-state index in [2.05, 4.69) is 9.69 Å². The Kier molecular flexibility index (Phi) is 5.88. The number of nitrogen functional groups attached to an aromatic ring is 1. The van der Waals surface area contributed by atoms with E-state index in [0.29, 0.717) is 5.69 Å². The van der Waals surface area contributed by atoms with E-state index in [0.717, 1.165) is 37.2 Å². The molecule has 0 bridgehead atoms. The average molecular weight is 405 g/mol. The van der Waals surface area contributed by atoms with Gasteiger partial charge < -0.3 is 16.8 Å². The van der Waals surface area contributed by atoms with E-state index in [4.69, 9.17) is 11.5 Å². The van der Waals surface area contributed by atoms with Gasteiger partial charge in [-0.2, -0.15) is 4.37 Å². The third-order valence-corrected chi connectivity index (χ3v) is 5.41. The number of nitrogens with zero attached hydrogens (tertiary/aromatic N) is 2. The molecule has 0 atom stereocenters. The van der Waals surface area contributed by atoms with Crippen molar-refractivity contribution in [3.63, 3.8) is 0 Å². The first-order chi connectivity index (χ1) is 13.4. The maximum atomic E-state index is 13.3. The number of benzene rings is 1. The fourth-order valence-corrected chi connectivity index (χ4v) is 3.89. The Hall–Kier alpha value is -3.01. The highest BCUT2D eigenvalue weighted by Gasteiger charge is 2.28. The van der Waals surface area contributed by atoms with Gasteiger partial charge in [-0.15, -0.1) is 0 Å². The number of halogens is 1. The lowest BCUT2D eigenvalue weighted by Gasteiger charge is -2.23. The second-order valence-electron chi connectivity index (χ2n) is 6.55. The molecule has 1 heterocycles. The Labute approximate surface area is 164 Å². The molecule has 10 heteroatoms. The lowest BCUT2D eigenvalue weighted by atomic mass is 10.2. The summed E-state index contributed by atoms with van der Waals surface area (Å²) in [6, 6.07) is 5.25. The van der Waals surface area contributed by atoms with Crippen molar-refractivity contribution in [1.82, 2.24) is 9.69 Å². The van der Waals surface area contributed by atoms with Crippen molar-refractivity contribution >= 4 is 40.6 Å². The molecule has 1 fully saturated rings. The number of nitrogens with two attached hydrogens (primary N) is 2. The molecule has 8 nitrogen and oxygen atoms in total. The second-order valence-corrected chi connectivity index (χ2v) is 7.33. The van der Waals surface area contributed by atoms with Gasteiger partial charge in [-0.1, -0.05) is 12.8 Å². The van der Waals surface area contributed by atoms with E-state index in [-0.39, 0.29) is 34.8 Å². The Bertz CT molecular complexity index is 893. The standard InChI is InChI=1S/C18H20FN5O3S/c19-10-5-7-12(8-6-10)24(9-13(25)22-11-3-1-2-4-11)18(27)16-14(20)15(17(21)26)23-28-16/h5-8,11H,1-4,9,20H2,(H2,21,26)(H,22,25). The number of nitrogens with one attached hydrogen (secondary N) is 1. The average Bonchev–Trinajstić information content (AvgIpc) is 3.29. The van der Waals surface area contributed by atoms with Crippen LogP contribution in [0.5, 0.6) is 0 Å². The molecule has 1 aromatic carbocycles. The predicted octanol–water partition coefficient (Wildman–Crippen LogP) is 1.67. The maximum absolute atomic E-state index is 13.3. The quantitative estimate of drug-likeness (QED) is 0.673. The lowest BCUT2D eigenvalue weighted by Crippen LogP contribution is -2.43. The van der Waals surface area contributed by atoms with Gasteiger partial charge in [0.15, 0.2) is 5.69 Å². The van der Waals surface area contributed by atoms with Crippen LogP contribution in [0.15, 0.2) is 24.3 Å². The van der Waals surface area contributed by atoms with Crippen molar-refractivity contribution in [1.29, 1.82) is 0 Å². The highest BCUT2D eigenvalue weighted by Crippen LogP contribution is 2.26. The van der Waals surface area contributed by atoms with Crippen LogP contribution in [0.1, 0.15) is 45.8 Å². The number of hydrogen-bond donors (Lipinski definition) is 3. The van der Waals surface area contributed by atoms with Crippen LogP contribution in [0.2, 0.25) is 0 Å². The number of primary amides is 1. The van der Waals surface area contributed by atoms with Crippen molar-refractivity contribution < 1.29 is 18.8 Å². The Morgan fingerprint density at radius 1 is 1.21 bits per heavy atom. The Balaban J connectivity index is 1.87. The molecule has 0 aliphatic heterocycles. The largest absolute Gasteiger partial charge is 0.395 e. The van der Waals surface area contributed by atoms with Crippen LogP contribution in [0, 0.1) is 5.82 Å². The van der Waals surface area contributed by atoms with Gasteiger partial charge in [0.25, 0.3) is 11.8 Å². The van der Waals surface area contributed by atoms with Gasteiger partial charge >= 0.3 is 0 Å². The van der Waals surface area contributed by atoms with Crippen LogP contribution in [-0.4, -0.2) is 34.7 Å². The molecule has 5 N–H and O–H groups in total. The molecule has 1 aliphatic rings. The molecule has 0 spiro atoms. The summed E-state index contributed by atoms with van der Waals surface area (Å²) in [5.41, 5.74) is 11.0. The first kappa shape index (κ1) is 19.7. The highest BCUT2D eigenvalue weighted by atomic mass is 32.1. The van der Waals surface area contributed by atoms with Crippen LogP contribution in [0.3, 0.4) is 0 Å². The Morgan fingerprint density at radius 3 is 2.43 bits per heavy atom. The molecule has 3 amide bonds. The summed E-state index contributed by atoms with van der Waals surface area (Å²) >= 11 is 0.726. The van der Waals surface area contributed by atoms with E-state index < -0.39 is 17.6 Å². The number of aromatic nitrogens is 1. The summed E-state index contributed by atoms with van der Waals surface area (Å²) in [6.45, 7) is -0.274. The molecule has 0 radical (unpaired) electrons. The van der Waals surface area contributed by atoms with E-state index in [1.807, 2.05) is 0 Å². The van der Waals surface area contributed by atoms with E-state index >= 15 is 0 Å². The van der Waals surface area contributed by atoms with Crippen LogP contribution in [0.25, 0.3) is 0 Å². The smallest absolute Gasteiger partial charge is 0.272 e. The van der Waals surface area contributed by atoms with Crippen LogP contribution < -0.4 is 21.7 Å². The molecule has 1 aliphatic carbocycles. The topological polar surface area (TPSA) is 131 Å². The minimum absolute atomic E-state index is 0.00760. The minimum Gasteiger partial charge on any atom is -0.395 e. The number of carbonyl (C=O) groups excluding carboxylic acids is 3. The van der Waals surface area contributed by atoms with Gasteiger partial charge in [0.1, 0.15) is 17.2 Å². The summed E-state index contributed by atoms with van der Waals surface area (Å²) in [5.74, 6) is -2.27. The van der Waals surface area contributed by atoms with Gasteiger partial charge in [0.05, 0.1) is 5.69 Å². The molecule has 0 unspecified atom stereocenters. The van der Waals surface area contributed by atoms with Crippen molar-refractivity contribution in [2.75, 3.05) is 17.2 Å². The predicted molar refractivity (Wildman–Crippen MR) is 104 cm³/mol. The van der Waals surface area contributed by atoms with Crippen LogP contribution in [-0.2, 0) is 4.79 Å². The van der Waals surface area contributed by atoms with Crippen LogP contribution >= 0.6 is 11.5 Å². The number of rotatable bonds is 6. The highest BCUT2D eigenvalue weighted by molar-refractivity contribution is 7.09. The zero-order valence-corrected chi connectivity index (χ0v) is 15.8. The summed E-state index contributed by atoms with van der Waals surface area (Å²) in [7, 11) is 0. The normalized spacial score (nSPS) is 14.0. The molecular formula is C18H20FN5O3S. The van der Waals surface area contributed by atoms with Crippen molar-refractivity contribution in [2.24, 2.45) is 5.73 Å². The van der Waals surface area contributed by atoms with E-state index in [1.165, 1.54) is 29.2 Å². The molecule has 2 aromatic rings. The van der Waals surface area contributed by atoms with Gasteiger partial charge in [-0.3, -0.25) is 19.3 Å². The molecule has 3 rings (SSSR count). The minimum atomic E-state index is -0.847. The fourth-order valence-electron chi connectivity index (χ4n) is 3.14. The van der Waals surface area contributed by atoms with Crippen molar-refractivity contribution in [2.45, 2.75) is 31.7 Å². The molecule has 1 aromatic heterocycles. The summed E-state index contributed by atoms with van der Waals surface area (Å²) in [5, 5.41) is 2.91. The molecule has 148 valence electrons. The zero-order chi connectivity index (χ0) is 20.3. The number of amides is 3. The van der Waals surface area contributed by atoms with Gasteiger partial charge in [0, 0.05) is 11.7 Å². The van der Waals surface area contributed by atoms with Crippen molar-refractivity contribution in [3.05, 3.63) is 40.7 Å². The fraction of sp³-hybridized carbons (Fsp3) is 0.333. The molecule has 0 saturated heterocycles. The summed E-state index contributed by atoms with van der Waals surface area (Å²) < 4.78 is 17.1. The third kappa shape index (κ3) is 4.28. The zero-order valence-electron chi connectivity index (χ0n) is 15.0. The number of hydrogen-bond acceptors (Lipinski definition) is 6. The monoisotopic (exact) mass is 405 g/mol. The van der Waals surface area contributed by atoms with Gasteiger partial charge in [-0.25, -0.2) is 4.39 Å². The van der Waals surface area contributed by atoms with E-state index in [1.54, 1.807) is 0 Å². The molecule has 1 saturated carbocycles. The maximum Gasteiger partial charge on any atom is 0.272 e. The SMILES string of the molecule is NC(=O)c1nsc(C(=O)N(CC(=O)NC2CCCC2)c2ccc(F)cc2)c1N. The van der Waals surface area contributed by atoms with E-state index in [9.17, 15) is 18.8 Å². The lowest BCUT2D eigenvalue weighted by molar-refractivity contribution is -0.120.